The molecule has 1 N–H and O–H groups in total. The van der Waals surface area contributed by atoms with Gasteiger partial charge in [0.1, 0.15) is 0 Å². The molecule has 3 heteroatoms. The van der Waals surface area contributed by atoms with Crippen LogP contribution < -0.4 is 0 Å². The zero-order valence-corrected chi connectivity index (χ0v) is 9.68. The number of isocyanates is 1. The maximum absolute atomic E-state index is 8.35. The van der Waals surface area contributed by atoms with E-state index >= 15 is 0 Å². The molecule has 0 bridgehead atoms. The van der Waals surface area contributed by atoms with Crippen molar-refractivity contribution in [3.05, 3.63) is 60.7 Å². The number of nitrogens with one attached hydrogen (secondary N) is 1. The van der Waals surface area contributed by atoms with Crippen LogP contribution in [0.3, 0.4) is 0 Å². The summed E-state index contributed by atoms with van der Waals surface area (Å²) in [6.07, 6.45) is 0.750. The first-order chi connectivity index (χ1) is 7.38. The molecule has 2 aromatic rings. The van der Waals surface area contributed by atoms with E-state index in [1.807, 2.05) is 12.1 Å². The van der Waals surface area contributed by atoms with E-state index in [0.29, 0.717) is 0 Å². The SMILES string of the molecule is N=C=O.S.c1ccc(-c2ccccc2)cc1. The molecule has 0 spiro atoms. The van der Waals surface area contributed by atoms with Crippen LogP contribution in [0.1, 0.15) is 0 Å². The van der Waals surface area contributed by atoms with Crippen molar-refractivity contribution in [2.75, 3.05) is 0 Å². The Kier molecular flexibility index (Phi) is 7.51. The predicted molar refractivity (Wildman–Crippen MR) is 70.7 cm³/mol. The lowest BCUT2D eigenvalue weighted by molar-refractivity contribution is 0.563. The van der Waals surface area contributed by atoms with Crippen LogP contribution in [-0.4, -0.2) is 6.08 Å². The number of carbonyl (C=O) groups excluding carboxylic acids is 1. The lowest BCUT2D eigenvalue weighted by Gasteiger charge is -1.98. The molecule has 82 valence electrons. The van der Waals surface area contributed by atoms with E-state index < -0.39 is 0 Å². The highest BCUT2D eigenvalue weighted by atomic mass is 32.1. The quantitative estimate of drug-likeness (QED) is 0.593. The smallest absolute Gasteiger partial charge is 0.222 e. The summed E-state index contributed by atoms with van der Waals surface area (Å²) in [5.41, 5.74) is 2.55. The van der Waals surface area contributed by atoms with Gasteiger partial charge in [0.05, 0.1) is 0 Å². The van der Waals surface area contributed by atoms with Crippen molar-refractivity contribution in [2.45, 2.75) is 0 Å². The molecule has 0 saturated heterocycles. The molecule has 0 unspecified atom stereocenters. The number of benzene rings is 2. The van der Waals surface area contributed by atoms with E-state index in [2.05, 4.69) is 48.5 Å². The molecule has 2 rings (SSSR count). The first-order valence-corrected chi connectivity index (χ1v) is 4.53. The van der Waals surface area contributed by atoms with E-state index in [1.54, 1.807) is 0 Å². The van der Waals surface area contributed by atoms with Crippen LogP contribution in [0.15, 0.2) is 60.7 Å². The molecule has 2 nitrogen and oxygen atoms in total. The third-order valence-corrected chi connectivity index (χ3v) is 1.88. The minimum Gasteiger partial charge on any atom is -0.222 e. The van der Waals surface area contributed by atoms with Crippen molar-refractivity contribution in [1.29, 1.82) is 5.41 Å². The van der Waals surface area contributed by atoms with Crippen LogP contribution in [0, 0.1) is 5.41 Å². The summed E-state index contributed by atoms with van der Waals surface area (Å²) in [6, 6.07) is 20.8. The van der Waals surface area contributed by atoms with Gasteiger partial charge in [-0.05, 0) is 11.1 Å². The second kappa shape index (κ2) is 8.48. The molecular weight excluding hydrogens is 218 g/mol. The molecule has 0 radical (unpaired) electrons. The van der Waals surface area contributed by atoms with Gasteiger partial charge in [-0.15, -0.1) is 0 Å². The van der Waals surface area contributed by atoms with Crippen LogP contribution >= 0.6 is 13.5 Å². The van der Waals surface area contributed by atoms with Crippen molar-refractivity contribution in [2.24, 2.45) is 0 Å². The van der Waals surface area contributed by atoms with Gasteiger partial charge in [-0.3, -0.25) is 0 Å². The monoisotopic (exact) mass is 231 g/mol. The number of hydrogen-bond acceptors (Lipinski definition) is 2. The van der Waals surface area contributed by atoms with Gasteiger partial charge in [0, 0.05) is 0 Å². The lowest BCUT2D eigenvalue weighted by Crippen LogP contribution is -1.73. The Morgan fingerprint density at radius 1 is 0.750 bits per heavy atom. The zero-order chi connectivity index (χ0) is 10.9. The van der Waals surface area contributed by atoms with Gasteiger partial charge in [-0.1, -0.05) is 60.7 Å². The van der Waals surface area contributed by atoms with Crippen molar-refractivity contribution in [3.8, 4) is 11.1 Å². The van der Waals surface area contributed by atoms with E-state index in [0.717, 1.165) is 6.08 Å². The average molecular weight is 231 g/mol. The average Bonchev–Trinajstić information content (AvgIpc) is 2.32. The fourth-order valence-corrected chi connectivity index (χ4v) is 1.26. The van der Waals surface area contributed by atoms with Gasteiger partial charge in [0.15, 0.2) is 0 Å². The summed E-state index contributed by atoms with van der Waals surface area (Å²) in [5, 5.41) is 5.40. The lowest BCUT2D eigenvalue weighted by atomic mass is 10.1. The highest BCUT2D eigenvalue weighted by Gasteiger charge is 1.91. The third-order valence-electron chi connectivity index (χ3n) is 1.88. The van der Waals surface area contributed by atoms with Crippen molar-refractivity contribution in [3.63, 3.8) is 0 Å². The standard InChI is InChI=1S/C12H10.CHNO.H2S/c1-3-7-11(8-4-1)12-9-5-2-6-10-12;2-1-3;/h1-10H;2H;1H2. The normalized spacial score (nSPS) is 7.75. The highest BCUT2D eigenvalue weighted by Crippen LogP contribution is 2.17. The number of rotatable bonds is 1. The molecule has 0 atom stereocenters. The second-order valence-electron chi connectivity index (χ2n) is 2.83. The zero-order valence-electron chi connectivity index (χ0n) is 8.68. The van der Waals surface area contributed by atoms with Crippen molar-refractivity contribution < 1.29 is 4.79 Å². The minimum atomic E-state index is 0. The highest BCUT2D eigenvalue weighted by molar-refractivity contribution is 7.59. The Hall–Kier alpha value is -1.83. The summed E-state index contributed by atoms with van der Waals surface area (Å²) < 4.78 is 0. The first-order valence-electron chi connectivity index (χ1n) is 4.53. The Bertz CT molecular complexity index is 385. The Morgan fingerprint density at radius 2 is 1.00 bits per heavy atom. The third kappa shape index (κ3) is 4.60. The molecule has 0 heterocycles. The molecule has 0 fully saturated rings. The van der Waals surface area contributed by atoms with Gasteiger partial charge in [0.2, 0.25) is 6.08 Å². The Labute approximate surface area is 102 Å². The van der Waals surface area contributed by atoms with Crippen LogP contribution in [0.4, 0.5) is 0 Å². The molecule has 0 aliphatic heterocycles. The molecule has 0 amide bonds. The number of hydrogen-bond donors (Lipinski definition) is 1. The van der Waals surface area contributed by atoms with Gasteiger partial charge < -0.3 is 0 Å². The molecule has 0 aliphatic rings. The van der Waals surface area contributed by atoms with E-state index in [4.69, 9.17) is 10.2 Å². The molecule has 16 heavy (non-hydrogen) atoms. The van der Waals surface area contributed by atoms with E-state index in [1.165, 1.54) is 11.1 Å². The topological polar surface area (TPSA) is 40.9 Å². The summed E-state index contributed by atoms with van der Waals surface area (Å²) in [6.45, 7) is 0. The van der Waals surface area contributed by atoms with Crippen LogP contribution in [0.5, 0.6) is 0 Å². The van der Waals surface area contributed by atoms with Gasteiger partial charge >= 0.3 is 0 Å². The maximum Gasteiger partial charge on any atom is 0.231 e. The van der Waals surface area contributed by atoms with Crippen LogP contribution in [-0.2, 0) is 4.79 Å². The molecule has 0 aromatic heterocycles. The van der Waals surface area contributed by atoms with Crippen LogP contribution in [0.25, 0.3) is 11.1 Å². The largest absolute Gasteiger partial charge is 0.231 e. The van der Waals surface area contributed by atoms with Crippen molar-refractivity contribution >= 4 is 19.6 Å². The van der Waals surface area contributed by atoms with E-state index in [9.17, 15) is 0 Å². The Balaban J connectivity index is 0.000000511. The second-order valence-corrected chi connectivity index (χ2v) is 2.83. The molecule has 0 saturated carbocycles. The van der Waals surface area contributed by atoms with E-state index in [-0.39, 0.29) is 13.5 Å². The van der Waals surface area contributed by atoms with Gasteiger partial charge in [-0.2, -0.15) is 13.5 Å². The van der Waals surface area contributed by atoms with Gasteiger partial charge in [0.25, 0.3) is 0 Å². The Morgan fingerprint density at radius 3 is 1.25 bits per heavy atom. The van der Waals surface area contributed by atoms with Crippen LogP contribution in [0.2, 0.25) is 0 Å². The summed E-state index contributed by atoms with van der Waals surface area (Å²) >= 11 is 0. The molecule has 2 aromatic carbocycles. The fraction of sp³-hybridized carbons (Fsp3) is 0. The fourth-order valence-electron chi connectivity index (χ4n) is 1.26. The van der Waals surface area contributed by atoms with Gasteiger partial charge in [-0.25, -0.2) is 10.2 Å². The minimum absolute atomic E-state index is 0. The summed E-state index contributed by atoms with van der Waals surface area (Å²) in [4.78, 5) is 8.35. The predicted octanol–water partition coefficient (Wildman–Crippen LogP) is 3.37. The van der Waals surface area contributed by atoms with Crippen molar-refractivity contribution in [1.82, 2.24) is 0 Å². The summed E-state index contributed by atoms with van der Waals surface area (Å²) in [7, 11) is 0. The summed E-state index contributed by atoms with van der Waals surface area (Å²) in [5.74, 6) is 0. The molecular formula is C13H13NOS. The maximum atomic E-state index is 8.35. The first kappa shape index (κ1) is 14.2. The molecule has 0 aliphatic carbocycles.